The highest BCUT2D eigenvalue weighted by Gasteiger charge is 2.04. The minimum Gasteiger partial charge on any atom is -0.493 e. The van der Waals surface area contributed by atoms with E-state index in [1.807, 2.05) is 6.07 Å². The quantitative estimate of drug-likeness (QED) is 0.625. The monoisotopic (exact) mass is 279 g/mol. The average Bonchev–Trinajstić information content (AvgIpc) is 2.49. The van der Waals surface area contributed by atoms with E-state index >= 15 is 0 Å². The molecule has 0 atom stereocenters. The lowest BCUT2D eigenvalue weighted by molar-refractivity contribution is 0.354. The third kappa shape index (κ3) is 6.29. The van der Waals surface area contributed by atoms with Crippen molar-refractivity contribution >= 4 is 0 Å². The Morgan fingerprint density at radius 2 is 1.65 bits per heavy atom. The summed E-state index contributed by atoms with van der Waals surface area (Å²) in [5, 5.41) is 3.50. The van der Waals surface area contributed by atoms with Gasteiger partial charge in [-0.1, -0.05) is 38.7 Å². The maximum absolute atomic E-state index is 5.31. The molecule has 0 aliphatic rings. The molecule has 1 aromatic rings. The number of hydrogen-bond acceptors (Lipinski definition) is 3. The topological polar surface area (TPSA) is 30.5 Å². The van der Waals surface area contributed by atoms with E-state index < -0.39 is 0 Å². The van der Waals surface area contributed by atoms with Gasteiger partial charge in [0, 0.05) is 0 Å². The van der Waals surface area contributed by atoms with Gasteiger partial charge in [-0.25, -0.2) is 0 Å². The molecule has 0 heterocycles. The van der Waals surface area contributed by atoms with E-state index in [9.17, 15) is 0 Å². The number of nitrogens with one attached hydrogen (secondary N) is 1. The first-order chi connectivity index (χ1) is 9.81. The highest BCUT2D eigenvalue weighted by molar-refractivity contribution is 5.42. The van der Waals surface area contributed by atoms with Gasteiger partial charge in [-0.3, -0.25) is 0 Å². The van der Waals surface area contributed by atoms with Gasteiger partial charge < -0.3 is 14.8 Å². The molecule has 1 N–H and O–H groups in total. The van der Waals surface area contributed by atoms with Crippen LogP contribution in [0.25, 0.3) is 0 Å². The molecule has 0 fully saturated rings. The van der Waals surface area contributed by atoms with Gasteiger partial charge in [0.05, 0.1) is 14.2 Å². The summed E-state index contributed by atoms with van der Waals surface area (Å²) in [6.07, 6.45) is 7.70. The second-order valence-electron chi connectivity index (χ2n) is 5.10. The second kappa shape index (κ2) is 10.6. The molecule has 0 aliphatic heterocycles. The van der Waals surface area contributed by atoms with E-state index in [0.29, 0.717) is 0 Å². The summed E-state index contributed by atoms with van der Waals surface area (Å²) >= 11 is 0. The number of hydrogen-bond donors (Lipinski definition) is 1. The SMILES string of the molecule is CCCCCCCNCCc1ccc(OC)c(OC)c1. The van der Waals surface area contributed by atoms with Crippen LogP contribution in [0.4, 0.5) is 0 Å². The Balaban J connectivity index is 2.18. The molecular weight excluding hydrogens is 250 g/mol. The molecule has 0 bridgehead atoms. The second-order valence-corrected chi connectivity index (χ2v) is 5.10. The number of methoxy groups -OCH3 is 2. The average molecular weight is 279 g/mol. The van der Waals surface area contributed by atoms with Gasteiger partial charge in [0.15, 0.2) is 11.5 Å². The number of ether oxygens (including phenoxy) is 2. The summed E-state index contributed by atoms with van der Waals surface area (Å²) in [4.78, 5) is 0. The van der Waals surface area contributed by atoms with Crippen molar-refractivity contribution in [3.63, 3.8) is 0 Å². The van der Waals surface area contributed by atoms with Crippen LogP contribution in [-0.4, -0.2) is 27.3 Å². The Morgan fingerprint density at radius 3 is 2.35 bits per heavy atom. The molecule has 0 saturated carbocycles. The van der Waals surface area contributed by atoms with Gasteiger partial charge in [-0.2, -0.15) is 0 Å². The summed E-state index contributed by atoms with van der Waals surface area (Å²) in [6, 6.07) is 6.13. The molecule has 0 aromatic heterocycles. The Bertz CT molecular complexity index is 366. The molecule has 0 radical (unpaired) electrons. The van der Waals surface area contributed by atoms with Crippen LogP contribution < -0.4 is 14.8 Å². The van der Waals surface area contributed by atoms with E-state index in [1.165, 1.54) is 37.7 Å². The number of rotatable bonds is 11. The molecule has 3 nitrogen and oxygen atoms in total. The minimum absolute atomic E-state index is 0.792. The summed E-state index contributed by atoms with van der Waals surface area (Å²) in [5.74, 6) is 1.60. The van der Waals surface area contributed by atoms with Gasteiger partial charge >= 0.3 is 0 Å². The van der Waals surface area contributed by atoms with E-state index in [0.717, 1.165) is 31.0 Å². The first kappa shape index (κ1) is 16.8. The summed E-state index contributed by atoms with van der Waals surface area (Å²) in [6.45, 7) is 4.39. The van der Waals surface area contributed by atoms with Crippen LogP contribution >= 0.6 is 0 Å². The zero-order chi connectivity index (χ0) is 14.6. The fourth-order valence-corrected chi connectivity index (χ4v) is 2.25. The highest BCUT2D eigenvalue weighted by atomic mass is 16.5. The zero-order valence-electron chi connectivity index (χ0n) is 13.2. The molecule has 0 unspecified atom stereocenters. The molecule has 0 amide bonds. The van der Waals surface area contributed by atoms with Crippen molar-refractivity contribution in [3.05, 3.63) is 23.8 Å². The smallest absolute Gasteiger partial charge is 0.160 e. The van der Waals surface area contributed by atoms with E-state index in [1.54, 1.807) is 14.2 Å². The van der Waals surface area contributed by atoms with Crippen LogP contribution in [0.2, 0.25) is 0 Å². The van der Waals surface area contributed by atoms with Crippen LogP contribution in [0.1, 0.15) is 44.6 Å². The van der Waals surface area contributed by atoms with E-state index in [2.05, 4.69) is 24.4 Å². The van der Waals surface area contributed by atoms with Gasteiger partial charge in [0.25, 0.3) is 0 Å². The van der Waals surface area contributed by atoms with Crippen molar-refractivity contribution < 1.29 is 9.47 Å². The maximum Gasteiger partial charge on any atom is 0.160 e. The Hall–Kier alpha value is -1.22. The molecule has 3 heteroatoms. The van der Waals surface area contributed by atoms with Gasteiger partial charge in [0.2, 0.25) is 0 Å². The fraction of sp³-hybridized carbons (Fsp3) is 0.647. The molecule has 1 aromatic carbocycles. The predicted octanol–water partition coefficient (Wildman–Crippen LogP) is 3.81. The summed E-state index contributed by atoms with van der Waals surface area (Å²) < 4.78 is 10.6. The van der Waals surface area contributed by atoms with Crippen molar-refractivity contribution in [2.45, 2.75) is 45.4 Å². The zero-order valence-corrected chi connectivity index (χ0v) is 13.2. The van der Waals surface area contributed by atoms with Crippen LogP contribution in [0.5, 0.6) is 11.5 Å². The molecule has 20 heavy (non-hydrogen) atoms. The van der Waals surface area contributed by atoms with Crippen molar-refractivity contribution in [2.24, 2.45) is 0 Å². The fourth-order valence-electron chi connectivity index (χ4n) is 2.25. The Labute approximate surface area is 123 Å². The molecule has 1 rings (SSSR count). The minimum atomic E-state index is 0.792. The standard InChI is InChI=1S/C17H29NO2/c1-4-5-6-7-8-12-18-13-11-15-9-10-16(19-2)17(14-15)20-3/h9-10,14,18H,4-8,11-13H2,1-3H3. The lowest BCUT2D eigenvalue weighted by Gasteiger charge is -2.10. The molecule has 0 spiro atoms. The normalized spacial score (nSPS) is 10.6. The van der Waals surface area contributed by atoms with Crippen LogP contribution in [0.3, 0.4) is 0 Å². The maximum atomic E-state index is 5.31. The lowest BCUT2D eigenvalue weighted by Crippen LogP contribution is -2.18. The van der Waals surface area contributed by atoms with Crippen LogP contribution in [-0.2, 0) is 6.42 Å². The van der Waals surface area contributed by atoms with E-state index in [-0.39, 0.29) is 0 Å². The van der Waals surface area contributed by atoms with Crippen molar-refractivity contribution in [3.8, 4) is 11.5 Å². The third-order valence-electron chi connectivity index (χ3n) is 3.50. The Kier molecular flexibility index (Phi) is 8.88. The summed E-state index contributed by atoms with van der Waals surface area (Å²) in [5.41, 5.74) is 1.28. The van der Waals surface area contributed by atoms with Gasteiger partial charge in [-0.05, 0) is 43.6 Å². The first-order valence-corrected chi connectivity index (χ1v) is 7.73. The highest BCUT2D eigenvalue weighted by Crippen LogP contribution is 2.27. The predicted molar refractivity (Wildman–Crippen MR) is 84.9 cm³/mol. The summed E-state index contributed by atoms with van der Waals surface area (Å²) in [7, 11) is 3.34. The number of benzene rings is 1. The first-order valence-electron chi connectivity index (χ1n) is 7.73. The van der Waals surface area contributed by atoms with Gasteiger partial charge in [-0.15, -0.1) is 0 Å². The van der Waals surface area contributed by atoms with E-state index in [4.69, 9.17) is 9.47 Å². The molecule has 0 saturated heterocycles. The molecule has 0 aliphatic carbocycles. The lowest BCUT2D eigenvalue weighted by atomic mass is 10.1. The molecular formula is C17H29NO2. The van der Waals surface area contributed by atoms with Crippen LogP contribution in [0.15, 0.2) is 18.2 Å². The largest absolute Gasteiger partial charge is 0.493 e. The number of unbranched alkanes of at least 4 members (excludes halogenated alkanes) is 4. The third-order valence-corrected chi connectivity index (χ3v) is 3.50. The van der Waals surface area contributed by atoms with Crippen molar-refractivity contribution in [1.82, 2.24) is 5.32 Å². The Morgan fingerprint density at radius 1 is 0.900 bits per heavy atom. The van der Waals surface area contributed by atoms with Crippen molar-refractivity contribution in [1.29, 1.82) is 0 Å². The van der Waals surface area contributed by atoms with Crippen molar-refractivity contribution in [2.75, 3.05) is 27.3 Å². The molecule has 114 valence electrons. The van der Waals surface area contributed by atoms with Gasteiger partial charge in [0.1, 0.15) is 0 Å². The van der Waals surface area contributed by atoms with Crippen LogP contribution in [0, 0.1) is 0 Å².